The monoisotopic (exact) mass is 270 g/mol. The Hall–Kier alpha value is -0.610. The van der Waals surface area contributed by atoms with Crippen LogP contribution in [0.5, 0.6) is 0 Å². The second kappa shape index (κ2) is 8.54. The molecule has 2 unspecified atom stereocenters. The first kappa shape index (κ1) is 16.4. The maximum absolute atomic E-state index is 12.3. The predicted molar refractivity (Wildman–Crippen MR) is 78.1 cm³/mol. The van der Waals surface area contributed by atoms with Gasteiger partial charge in [0.1, 0.15) is 0 Å². The van der Waals surface area contributed by atoms with E-state index in [1.807, 2.05) is 16.8 Å². The second-order valence-electron chi connectivity index (χ2n) is 5.72. The van der Waals surface area contributed by atoms with Gasteiger partial charge in [-0.3, -0.25) is 9.69 Å². The molecule has 4 nitrogen and oxygen atoms in total. The third-order valence-electron chi connectivity index (χ3n) is 3.98. The van der Waals surface area contributed by atoms with E-state index >= 15 is 0 Å². The van der Waals surface area contributed by atoms with E-state index in [1.54, 1.807) is 0 Å². The van der Waals surface area contributed by atoms with E-state index in [0.717, 1.165) is 51.6 Å². The lowest BCUT2D eigenvalue weighted by molar-refractivity contribution is -0.133. The van der Waals surface area contributed by atoms with Crippen LogP contribution < -0.4 is 0 Å². The third-order valence-corrected chi connectivity index (χ3v) is 3.98. The van der Waals surface area contributed by atoms with Gasteiger partial charge < -0.3 is 10.0 Å². The van der Waals surface area contributed by atoms with Crippen molar-refractivity contribution in [3.63, 3.8) is 0 Å². The van der Waals surface area contributed by atoms with Gasteiger partial charge in [0.25, 0.3) is 0 Å². The number of hydrogen-bond acceptors (Lipinski definition) is 3. The Balaban J connectivity index is 2.48. The zero-order chi connectivity index (χ0) is 14.3. The molecule has 1 amide bonds. The minimum Gasteiger partial charge on any atom is -0.391 e. The van der Waals surface area contributed by atoms with Crippen molar-refractivity contribution in [2.45, 2.75) is 64.5 Å². The minimum absolute atomic E-state index is 0.155. The number of carbonyl (C=O) groups excluding carboxylic acids is 1. The average molecular weight is 270 g/mol. The molecule has 1 aliphatic carbocycles. The highest BCUT2D eigenvalue weighted by Gasteiger charge is 2.28. The molecule has 0 aromatic heterocycles. The molecule has 0 aromatic carbocycles. The fourth-order valence-corrected chi connectivity index (χ4v) is 2.94. The minimum atomic E-state index is -0.266. The average Bonchev–Trinajstić information content (AvgIpc) is 2.38. The number of aliphatic hydroxyl groups excluding tert-OH is 1. The van der Waals surface area contributed by atoms with Crippen LogP contribution in [-0.2, 0) is 4.79 Å². The molecule has 0 aliphatic heterocycles. The Morgan fingerprint density at radius 1 is 1.16 bits per heavy atom. The van der Waals surface area contributed by atoms with Crippen molar-refractivity contribution < 1.29 is 9.90 Å². The molecule has 4 heteroatoms. The quantitative estimate of drug-likeness (QED) is 0.768. The van der Waals surface area contributed by atoms with Gasteiger partial charge in [0, 0.05) is 19.1 Å². The summed E-state index contributed by atoms with van der Waals surface area (Å²) < 4.78 is 0. The van der Waals surface area contributed by atoms with Gasteiger partial charge in [0.05, 0.1) is 12.6 Å². The molecule has 1 rings (SSSR count). The maximum atomic E-state index is 12.3. The standard InChI is InChI=1S/C15H30N2O2/c1-4-10-17(11-5-2)15(19)12-16(3)13-8-6-7-9-14(13)18/h13-14,18H,4-12H2,1-3H3. The molecule has 1 saturated carbocycles. The van der Waals surface area contributed by atoms with Gasteiger partial charge >= 0.3 is 0 Å². The number of nitrogens with zero attached hydrogens (tertiary/aromatic N) is 2. The van der Waals surface area contributed by atoms with Crippen LogP contribution in [0, 0.1) is 0 Å². The van der Waals surface area contributed by atoms with Gasteiger partial charge in [0.2, 0.25) is 5.91 Å². The summed E-state index contributed by atoms with van der Waals surface area (Å²) in [5.74, 6) is 0.198. The van der Waals surface area contributed by atoms with Crippen LogP contribution in [0.25, 0.3) is 0 Å². The van der Waals surface area contributed by atoms with Crippen molar-refractivity contribution in [1.82, 2.24) is 9.80 Å². The van der Waals surface area contributed by atoms with E-state index in [-0.39, 0.29) is 18.1 Å². The molecule has 0 spiro atoms. The molecule has 2 atom stereocenters. The molecule has 112 valence electrons. The topological polar surface area (TPSA) is 43.8 Å². The fraction of sp³-hybridized carbons (Fsp3) is 0.933. The molecule has 0 radical (unpaired) electrons. The van der Waals surface area contributed by atoms with Crippen LogP contribution in [0.1, 0.15) is 52.4 Å². The van der Waals surface area contributed by atoms with Crippen molar-refractivity contribution in [3.05, 3.63) is 0 Å². The van der Waals surface area contributed by atoms with E-state index < -0.39 is 0 Å². The summed E-state index contributed by atoms with van der Waals surface area (Å²) in [5, 5.41) is 10.0. The smallest absolute Gasteiger partial charge is 0.236 e. The largest absolute Gasteiger partial charge is 0.391 e. The summed E-state index contributed by atoms with van der Waals surface area (Å²) in [6.45, 7) is 6.32. The van der Waals surface area contributed by atoms with Gasteiger partial charge in [0.15, 0.2) is 0 Å². The summed E-state index contributed by atoms with van der Waals surface area (Å²) in [6, 6.07) is 0.155. The van der Waals surface area contributed by atoms with Crippen LogP contribution in [-0.4, -0.2) is 59.6 Å². The van der Waals surface area contributed by atoms with Crippen LogP contribution in [0.2, 0.25) is 0 Å². The molecule has 0 heterocycles. The molecular formula is C15H30N2O2. The molecule has 1 aliphatic rings. The Morgan fingerprint density at radius 2 is 1.74 bits per heavy atom. The van der Waals surface area contributed by atoms with Crippen LogP contribution in [0.15, 0.2) is 0 Å². The van der Waals surface area contributed by atoms with Gasteiger partial charge in [-0.15, -0.1) is 0 Å². The first-order valence-corrected chi connectivity index (χ1v) is 7.76. The highest BCUT2D eigenvalue weighted by atomic mass is 16.3. The molecule has 19 heavy (non-hydrogen) atoms. The third kappa shape index (κ3) is 5.11. The molecule has 1 N–H and O–H groups in total. The zero-order valence-corrected chi connectivity index (χ0v) is 12.8. The van der Waals surface area contributed by atoms with E-state index in [0.29, 0.717) is 6.54 Å². The number of amides is 1. The van der Waals surface area contributed by atoms with Gasteiger partial charge in [-0.2, -0.15) is 0 Å². The van der Waals surface area contributed by atoms with E-state index in [4.69, 9.17) is 0 Å². The first-order valence-electron chi connectivity index (χ1n) is 7.76. The van der Waals surface area contributed by atoms with Crippen LogP contribution in [0.4, 0.5) is 0 Å². The van der Waals surface area contributed by atoms with Gasteiger partial charge in [-0.1, -0.05) is 26.7 Å². The van der Waals surface area contributed by atoms with Crippen LogP contribution in [0.3, 0.4) is 0 Å². The Labute approximate surface area is 117 Å². The number of aliphatic hydroxyl groups is 1. The SMILES string of the molecule is CCCN(CCC)C(=O)CN(C)C1CCCCC1O. The van der Waals surface area contributed by atoms with Crippen molar-refractivity contribution in [2.75, 3.05) is 26.7 Å². The molecule has 0 saturated heterocycles. The van der Waals surface area contributed by atoms with E-state index in [2.05, 4.69) is 13.8 Å². The molecule has 0 aromatic rings. The summed E-state index contributed by atoms with van der Waals surface area (Å²) >= 11 is 0. The number of hydrogen-bond donors (Lipinski definition) is 1. The molecular weight excluding hydrogens is 240 g/mol. The van der Waals surface area contributed by atoms with Crippen molar-refractivity contribution in [3.8, 4) is 0 Å². The Morgan fingerprint density at radius 3 is 2.26 bits per heavy atom. The zero-order valence-electron chi connectivity index (χ0n) is 12.8. The first-order chi connectivity index (χ1) is 9.10. The lowest BCUT2D eigenvalue weighted by atomic mass is 9.91. The highest BCUT2D eigenvalue weighted by molar-refractivity contribution is 5.78. The van der Waals surface area contributed by atoms with Crippen molar-refractivity contribution >= 4 is 5.91 Å². The Bertz CT molecular complexity index is 265. The lowest BCUT2D eigenvalue weighted by Crippen LogP contribution is -2.48. The van der Waals surface area contributed by atoms with Gasteiger partial charge in [-0.05, 0) is 32.7 Å². The summed E-state index contributed by atoms with van der Waals surface area (Å²) in [7, 11) is 1.97. The van der Waals surface area contributed by atoms with E-state index in [9.17, 15) is 9.90 Å². The number of rotatable bonds is 7. The molecule has 1 fully saturated rings. The molecule has 0 bridgehead atoms. The predicted octanol–water partition coefficient (Wildman–Crippen LogP) is 1.87. The fourth-order valence-electron chi connectivity index (χ4n) is 2.94. The van der Waals surface area contributed by atoms with Crippen molar-refractivity contribution in [1.29, 1.82) is 0 Å². The second-order valence-corrected chi connectivity index (χ2v) is 5.72. The summed E-state index contributed by atoms with van der Waals surface area (Å²) in [6.07, 6.45) is 5.88. The lowest BCUT2D eigenvalue weighted by Gasteiger charge is -2.35. The van der Waals surface area contributed by atoms with Crippen molar-refractivity contribution in [2.24, 2.45) is 0 Å². The Kier molecular flexibility index (Phi) is 7.39. The summed E-state index contributed by atoms with van der Waals surface area (Å²) in [4.78, 5) is 16.3. The number of likely N-dealkylation sites (N-methyl/N-ethyl adjacent to an activating group) is 1. The maximum Gasteiger partial charge on any atom is 0.236 e. The summed E-state index contributed by atoms with van der Waals surface area (Å²) in [5.41, 5.74) is 0. The highest BCUT2D eigenvalue weighted by Crippen LogP contribution is 2.22. The van der Waals surface area contributed by atoms with Gasteiger partial charge in [-0.25, -0.2) is 0 Å². The van der Waals surface area contributed by atoms with Crippen LogP contribution >= 0.6 is 0 Å². The van der Waals surface area contributed by atoms with E-state index in [1.165, 1.54) is 0 Å². The normalized spacial score (nSPS) is 23.6. The number of carbonyl (C=O) groups is 1.